The molecule has 0 spiro atoms. The van der Waals surface area contributed by atoms with Gasteiger partial charge >= 0.3 is 0 Å². The van der Waals surface area contributed by atoms with Crippen LogP contribution in [0.2, 0.25) is 0 Å². The highest BCUT2D eigenvalue weighted by molar-refractivity contribution is 9.10. The summed E-state index contributed by atoms with van der Waals surface area (Å²) in [6.45, 7) is 3.01. The van der Waals surface area contributed by atoms with Gasteiger partial charge in [0, 0.05) is 22.0 Å². The predicted molar refractivity (Wildman–Crippen MR) is 140 cm³/mol. The van der Waals surface area contributed by atoms with Crippen molar-refractivity contribution in [2.75, 3.05) is 6.61 Å². The average Bonchev–Trinajstić information content (AvgIpc) is 3.33. The number of rotatable bonds is 9. The topological polar surface area (TPSA) is 34.1 Å². The van der Waals surface area contributed by atoms with Gasteiger partial charge in [0.2, 0.25) is 6.23 Å². The maximum absolute atomic E-state index is 6.50. The molecule has 2 aliphatic rings. The van der Waals surface area contributed by atoms with Crippen molar-refractivity contribution in [1.82, 2.24) is 5.01 Å². The summed E-state index contributed by atoms with van der Waals surface area (Å²) in [4.78, 5) is 0. The van der Waals surface area contributed by atoms with E-state index in [1.807, 2.05) is 12.1 Å². The highest BCUT2D eigenvalue weighted by Crippen LogP contribution is 2.48. The van der Waals surface area contributed by atoms with E-state index in [0.29, 0.717) is 0 Å². The van der Waals surface area contributed by atoms with Gasteiger partial charge in [0.1, 0.15) is 11.5 Å². The maximum Gasteiger partial charge on any atom is 0.213 e. The van der Waals surface area contributed by atoms with Crippen LogP contribution in [0.4, 0.5) is 0 Å². The second-order valence-electron chi connectivity index (χ2n) is 9.00. The molecule has 0 aromatic heterocycles. The minimum atomic E-state index is -0.275. The van der Waals surface area contributed by atoms with Crippen LogP contribution >= 0.6 is 15.9 Å². The van der Waals surface area contributed by atoms with Gasteiger partial charge in [-0.05, 0) is 54.4 Å². The fourth-order valence-corrected chi connectivity index (χ4v) is 5.09. The van der Waals surface area contributed by atoms with Crippen molar-refractivity contribution < 1.29 is 9.47 Å². The smallest absolute Gasteiger partial charge is 0.213 e. The molecule has 4 nitrogen and oxygen atoms in total. The molecule has 0 fully saturated rings. The van der Waals surface area contributed by atoms with Gasteiger partial charge in [0.25, 0.3) is 0 Å². The molecule has 34 heavy (non-hydrogen) atoms. The monoisotopic (exact) mass is 518 g/mol. The Labute approximate surface area is 210 Å². The van der Waals surface area contributed by atoms with Crippen LogP contribution in [-0.2, 0) is 0 Å². The van der Waals surface area contributed by atoms with Gasteiger partial charge in [0.05, 0.1) is 18.4 Å². The molecular formula is C29H31BrN2O2. The lowest BCUT2D eigenvalue weighted by molar-refractivity contribution is -0.0191. The lowest BCUT2D eigenvalue weighted by Crippen LogP contribution is -2.33. The first-order valence-electron chi connectivity index (χ1n) is 12.3. The molecule has 0 aliphatic carbocycles. The van der Waals surface area contributed by atoms with Gasteiger partial charge in [-0.2, -0.15) is 5.10 Å². The van der Waals surface area contributed by atoms with Crippen molar-refractivity contribution in [3.05, 3.63) is 94.0 Å². The standard InChI is InChI=1S/C29H31BrN2O2/c1-2-3-4-5-9-18-33-24-15-12-22(13-16-24)29-32-27(25-19-23(30)14-17-28(25)34-29)20-26(31-32)21-10-7-6-8-11-21/h6-8,10-17,19,27,29H,2-5,9,18,20H2,1H3. The summed E-state index contributed by atoms with van der Waals surface area (Å²) in [5.41, 5.74) is 4.50. The summed E-state index contributed by atoms with van der Waals surface area (Å²) in [5.74, 6) is 1.83. The Morgan fingerprint density at radius 2 is 1.76 bits per heavy atom. The van der Waals surface area contributed by atoms with Crippen molar-refractivity contribution in [2.45, 2.75) is 57.7 Å². The summed E-state index contributed by atoms with van der Waals surface area (Å²) < 4.78 is 13.5. The number of hydrogen-bond donors (Lipinski definition) is 0. The number of hydrazone groups is 1. The summed E-state index contributed by atoms with van der Waals surface area (Å²) in [6, 6.07) is 25.1. The van der Waals surface area contributed by atoms with Crippen molar-refractivity contribution >= 4 is 21.6 Å². The van der Waals surface area contributed by atoms with Crippen LogP contribution in [0.1, 0.15) is 74.4 Å². The minimum absolute atomic E-state index is 0.139. The number of benzene rings is 3. The van der Waals surface area contributed by atoms with E-state index >= 15 is 0 Å². The van der Waals surface area contributed by atoms with Crippen molar-refractivity contribution in [3.8, 4) is 11.5 Å². The molecule has 0 N–H and O–H groups in total. The molecule has 0 radical (unpaired) electrons. The molecule has 0 bridgehead atoms. The second kappa shape index (κ2) is 10.6. The highest BCUT2D eigenvalue weighted by atomic mass is 79.9. The van der Waals surface area contributed by atoms with Crippen molar-refractivity contribution in [3.63, 3.8) is 0 Å². The molecule has 2 aliphatic heterocycles. The molecule has 3 aromatic rings. The third kappa shape index (κ3) is 5.00. The highest BCUT2D eigenvalue weighted by Gasteiger charge is 2.41. The van der Waals surface area contributed by atoms with E-state index in [9.17, 15) is 0 Å². The first-order valence-corrected chi connectivity index (χ1v) is 13.1. The Morgan fingerprint density at radius 3 is 2.56 bits per heavy atom. The number of ether oxygens (including phenoxy) is 2. The van der Waals surface area contributed by atoms with E-state index in [1.54, 1.807) is 0 Å². The molecule has 3 aromatic carbocycles. The maximum atomic E-state index is 6.50. The summed E-state index contributed by atoms with van der Waals surface area (Å²) in [5, 5.41) is 7.18. The zero-order valence-corrected chi connectivity index (χ0v) is 21.2. The third-order valence-electron chi connectivity index (χ3n) is 6.54. The van der Waals surface area contributed by atoms with E-state index < -0.39 is 0 Å². The molecule has 2 heterocycles. The first kappa shape index (κ1) is 23.0. The summed E-state index contributed by atoms with van der Waals surface area (Å²) in [7, 11) is 0. The van der Waals surface area contributed by atoms with E-state index in [4.69, 9.17) is 14.6 Å². The van der Waals surface area contributed by atoms with E-state index in [0.717, 1.165) is 52.3 Å². The Kier molecular flexibility index (Phi) is 7.19. The zero-order chi connectivity index (χ0) is 23.3. The van der Waals surface area contributed by atoms with Gasteiger partial charge < -0.3 is 9.47 Å². The molecule has 0 saturated carbocycles. The summed E-state index contributed by atoms with van der Waals surface area (Å²) >= 11 is 3.63. The molecule has 0 saturated heterocycles. The Bertz CT molecular complexity index is 1130. The Morgan fingerprint density at radius 1 is 0.971 bits per heavy atom. The van der Waals surface area contributed by atoms with Gasteiger partial charge in [-0.25, -0.2) is 5.01 Å². The van der Waals surface area contributed by atoms with E-state index in [-0.39, 0.29) is 12.3 Å². The Hall–Kier alpha value is -2.79. The minimum Gasteiger partial charge on any atom is -0.494 e. The van der Waals surface area contributed by atoms with Crippen LogP contribution in [0.25, 0.3) is 0 Å². The number of halogens is 1. The van der Waals surface area contributed by atoms with Crippen LogP contribution < -0.4 is 9.47 Å². The van der Waals surface area contributed by atoms with Crippen LogP contribution in [0, 0.1) is 0 Å². The van der Waals surface area contributed by atoms with Gasteiger partial charge in [-0.15, -0.1) is 0 Å². The molecule has 0 amide bonds. The van der Waals surface area contributed by atoms with Gasteiger partial charge in [-0.1, -0.05) is 78.9 Å². The van der Waals surface area contributed by atoms with Crippen molar-refractivity contribution in [2.24, 2.45) is 5.10 Å². The Balaban J connectivity index is 1.35. The summed E-state index contributed by atoms with van der Waals surface area (Å²) in [6.07, 6.45) is 6.78. The van der Waals surface area contributed by atoms with Gasteiger partial charge in [-0.3, -0.25) is 0 Å². The van der Waals surface area contributed by atoms with Crippen molar-refractivity contribution in [1.29, 1.82) is 0 Å². The van der Waals surface area contributed by atoms with Gasteiger partial charge in [0.15, 0.2) is 0 Å². The van der Waals surface area contributed by atoms with Crippen LogP contribution in [0.15, 0.2) is 82.4 Å². The first-order chi connectivity index (χ1) is 16.7. The molecule has 176 valence electrons. The number of hydrogen-bond acceptors (Lipinski definition) is 4. The van der Waals surface area contributed by atoms with E-state index in [1.165, 1.54) is 31.2 Å². The van der Waals surface area contributed by atoms with Crippen LogP contribution in [0.3, 0.4) is 0 Å². The average molecular weight is 519 g/mol. The fraction of sp³-hybridized carbons (Fsp3) is 0.345. The lowest BCUT2D eigenvalue weighted by atomic mass is 9.96. The number of unbranched alkanes of at least 4 members (excludes halogenated alkanes) is 4. The normalized spacial score (nSPS) is 18.6. The fourth-order valence-electron chi connectivity index (χ4n) is 4.71. The quantitative estimate of drug-likeness (QED) is 0.268. The SMILES string of the molecule is CCCCCCCOc1ccc(C2Oc3ccc(Br)cc3C3CC(c4ccccc4)=NN32)cc1. The third-order valence-corrected chi connectivity index (χ3v) is 7.03. The molecule has 5 heteroatoms. The number of nitrogens with zero attached hydrogens (tertiary/aromatic N) is 2. The molecular weight excluding hydrogens is 488 g/mol. The second-order valence-corrected chi connectivity index (χ2v) is 9.91. The van der Waals surface area contributed by atoms with E-state index in [2.05, 4.69) is 88.5 Å². The molecule has 2 unspecified atom stereocenters. The lowest BCUT2D eigenvalue weighted by Gasteiger charge is -2.38. The van der Waals surface area contributed by atoms with Crippen LogP contribution in [0.5, 0.6) is 11.5 Å². The molecule has 2 atom stereocenters. The largest absolute Gasteiger partial charge is 0.494 e. The predicted octanol–water partition coefficient (Wildman–Crippen LogP) is 8.04. The number of fused-ring (bicyclic) bond motifs is 3. The zero-order valence-electron chi connectivity index (χ0n) is 19.6. The molecule has 5 rings (SSSR count). The van der Waals surface area contributed by atoms with Crippen LogP contribution in [-0.4, -0.2) is 17.3 Å².